The van der Waals surface area contributed by atoms with Gasteiger partial charge in [-0.15, -0.1) is 11.8 Å². The first-order valence-corrected chi connectivity index (χ1v) is 11.0. The Bertz CT molecular complexity index is 847. The summed E-state index contributed by atoms with van der Waals surface area (Å²) in [5.41, 5.74) is 1.00. The monoisotopic (exact) mass is 392 g/mol. The van der Waals surface area contributed by atoms with E-state index in [0.29, 0.717) is 11.3 Å². The lowest BCUT2D eigenvalue weighted by Gasteiger charge is -2.20. The fourth-order valence-electron chi connectivity index (χ4n) is 2.28. The van der Waals surface area contributed by atoms with Crippen molar-refractivity contribution in [2.75, 3.05) is 17.6 Å². The fourth-order valence-corrected chi connectivity index (χ4v) is 3.88. The van der Waals surface area contributed by atoms with Gasteiger partial charge in [-0.2, -0.15) is 0 Å². The first-order chi connectivity index (χ1) is 12.3. The number of benzene rings is 2. The van der Waals surface area contributed by atoms with Crippen molar-refractivity contribution < 1.29 is 13.2 Å². The second-order valence-electron chi connectivity index (χ2n) is 5.98. The number of rotatable bonds is 7. The van der Waals surface area contributed by atoms with E-state index in [1.807, 2.05) is 20.1 Å². The highest BCUT2D eigenvalue weighted by Gasteiger charge is 2.21. The van der Waals surface area contributed by atoms with Gasteiger partial charge in [-0.3, -0.25) is 9.10 Å². The number of carbonyl (C=O) groups excluding carboxylic acids is 1. The Morgan fingerprint density at radius 1 is 1.12 bits per heavy atom. The summed E-state index contributed by atoms with van der Waals surface area (Å²) >= 11 is 1.56. The van der Waals surface area contributed by atoms with Gasteiger partial charge in [-0.1, -0.05) is 6.92 Å². The smallest absolute Gasteiger partial charge is 0.264 e. The van der Waals surface area contributed by atoms with Crippen LogP contribution in [0.4, 0.5) is 5.69 Å². The third kappa shape index (κ3) is 4.59. The largest absolute Gasteiger partial charge is 0.350 e. The number of amides is 1. The summed E-state index contributed by atoms with van der Waals surface area (Å²) in [6.07, 6.45) is 2.79. The quantitative estimate of drug-likeness (QED) is 0.729. The Balaban J connectivity index is 2.20. The number of nitrogens with zero attached hydrogens (tertiary/aromatic N) is 1. The van der Waals surface area contributed by atoms with Crippen LogP contribution in [0.1, 0.15) is 30.6 Å². The van der Waals surface area contributed by atoms with Gasteiger partial charge in [0.1, 0.15) is 0 Å². The molecule has 26 heavy (non-hydrogen) atoms. The lowest BCUT2D eigenvalue weighted by Crippen LogP contribution is -2.32. The van der Waals surface area contributed by atoms with Gasteiger partial charge >= 0.3 is 0 Å². The summed E-state index contributed by atoms with van der Waals surface area (Å²) in [5.74, 6) is -0.163. The minimum atomic E-state index is -3.65. The molecule has 0 aliphatic rings. The van der Waals surface area contributed by atoms with Crippen molar-refractivity contribution in [3.8, 4) is 0 Å². The minimum Gasteiger partial charge on any atom is -0.350 e. The zero-order valence-electron chi connectivity index (χ0n) is 15.4. The molecule has 0 spiro atoms. The Morgan fingerprint density at radius 3 is 2.19 bits per heavy atom. The minimum absolute atomic E-state index is 0.0921. The van der Waals surface area contributed by atoms with Gasteiger partial charge in [0.15, 0.2) is 0 Å². The third-order valence-corrected chi connectivity index (χ3v) is 6.74. The van der Waals surface area contributed by atoms with Crippen LogP contribution in [-0.2, 0) is 10.0 Å². The van der Waals surface area contributed by atoms with E-state index in [-0.39, 0.29) is 16.8 Å². The molecule has 0 unspecified atom stereocenters. The molecule has 1 N–H and O–H groups in total. The van der Waals surface area contributed by atoms with Gasteiger partial charge < -0.3 is 5.32 Å². The summed E-state index contributed by atoms with van der Waals surface area (Å²) < 4.78 is 26.8. The predicted molar refractivity (Wildman–Crippen MR) is 107 cm³/mol. The molecule has 2 rings (SSSR count). The van der Waals surface area contributed by atoms with E-state index in [1.165, 1.54) is 11.4 Å². The van der Waals surface area contributed by atoms with Gasteiger partial charge in [-0.25, -0.2) is 8.42 Å². The third-order valence-electron chi connectivity index (χ3n) is 4.20. The lowest BCUT2D eigenvalue weighted by molar-refractivity contribution is 0.0939. The highest BCUT2D eigenvalue weighted by molar-refractivity contribution is 7.98. The number of anilines is 1. The van der Waals surface area contributed by atoms with Crippen LogP contribution in [0, 0.1) is 0 Å². The van der Waals surface area contributed by atoms with E-state index in [2.05, 4.69) is 5.32 Å². The van der Waals surface area contributed by atoms with Crippen molar-refractivity contribution in [3.63, 3.8) is 0 Å². The summed E-state index contributed by atoms with van der Waals surface area (Å²) in [6.45, 7) is 3.94. The molecule has 5 nitrogen and oxygen atoms in total. The van der Waals surface area contributed by atoms with Gasteiger partial charge in [0.05, 0.1) is 10.6 Å². The Morgan fingerprint density at radius 2 is 1.69 bits per heavy atom. The molecule has 0 bridgehead atoms. The van der Waals surface area contributed by atoms with Crippen LogP contribution >= 0.6 is 11.8 Å². The van der Waals surface area contributed by atoms with Gasteiger partial charge in [-0.05, 0) is 68.1 Å². The predicted octanol–water partition coefficient (Wildman–Crippen LogP) is 3.76. The Labute approximate surface area is 159 Å². The Kier molecular flexibility index (Phi) is 6.72. The summed E-state index contributed by atoms with van der Waals surface area (Å²) in [4.78, 5) is 13.4. The zero-order valence-corrected chi connectivity index (χ0v) is 17.0. The van der Waals surface area contributed by atoms with Crippen LogP contribution < -0.4 is 9.62 Å². The first kappa shape index (κ1) is 20.3. The number of sulfonamides is 1. The molecular weight excluding hydrogens is 368 g/mol. The van der Waals surface area contributed by atoms with E-state index in [9.17, 15) is 13.2 Å². The van der Waals surface area contributed by atoms with Crippen LogP contribution in [0.2, 0.25) is 0 Å². The first-order valence-electron chi connectivity index (χ1n) is 8.33. The van der Waals surface area contributed by atoms with Gasteiger partial charge in [0.2, 0.25) is 0 Å². The second kappa shape index (κ2) is 8.60. The maximum absolute atomic E-state index is 12.8. The molecule has 0 aliphatic carbocycles. The van der Waals surface area contributed by atoms with Gasteiger partial charge in [0.25, 0.3) is 15.9 Å². The maximum Gasteiger partial charge on any atom is 0.264 e. The molecule has 2 aromatic rings. The summed E-state index contributed by atoms with van der Waals surface area (Å²) in [6, 6.07) is 13.4. The molecular formula is C19H24N2O3S2. The van der Waals surface area contributed by atoms with E-state index >= 15 is 0 Å². The van der Waals surface area contributed by atoms with Gasteiger partial charge in [0, 0.05) is 23.5 Å². The van der Waals surface area contributed by atoms with E-state index < -0.39 is 10.0 Å². The molecule has 1 atom stereocenters. The average molecular weight is 393 g/mol. The van der Waals surface area contributed by atoms with Crippen LogP contribution in [0.25, 0.3) is 0 Å². The fraction of sp³-hybridized carbons (Fsp3) is 0.316. The molecule has 0 radical (unpaired) electrons. The normalized spacial score (nSPS) is 12.5. The van der Waals surface area contributed by atoms with Crippen molar-refractivity contribution in [3.05, 3.63) is 54.1 Å². The molecule has 0 aliphatic heterocycles. The number of carbonyl (C=O) groups is 1. The molecule has 0 saturated carbocycles. The molecule has 140 valence electrons. The van der Waals surface area contributed by atoms with Crippen LogP contribution in [-0.4, -0.2) is 33.7 Å². The molecule has 7 heteroatoms. The maximum atomic E-state index is 12.8. The highest BCUT2D eigenvalue weighted by atomic mass is 32.2. The van der Waals surface area contributed by atoms with E-state index in [1.54, 1.807) is 60.3 Å². The lowest BCUT2D eigenvalue weighted by atomic mass is 10.1. The van der Waals surface area contributed by atoms with E-state index in [4.69, 9.17) is 0 Å². The topological polar surface area (TPSA) is 66.5 Å². The molecule has 1 amide bonds. The average Bonchev–Trinajstić information content (AvgIpc) is 2.67. The van der Waals surface area contributed by atoms with Crippen molar-refractivity contribution in [2.45, 2.75) is 36.1 Å². The molecule has 0 aromatic heterocycles. The number of hydrogen-bond donors (Lipinski definition) is 1. The summed E-state index contributed by atoms with van der Waals surface area (Å²) in [7, 11) is -2.14. The highest BCUT2D eigenvalue weighted by Crippen LogP contribution is 2.24. The number of nitrogens with one attached hydrogen (secondary N) is 1. The van der Waals surface area contributed by atoms with Crippen molar-refractivity contribution in [2.24, 2.45) is 0 Å². The van der Waals surface area contributed by atoms with Crippen molar-refractivity contribution in [1.82, 2.24) is 5.32 Å². The molecule has 0 saturated heterocycles. The zero-order chi connectivity index (χ0) is 19.3. The molecule has 2 aromatic carbocycles. The van der Waals surface area contributed by atoms with E-state index in [0.717, 1.165) is 11.3 Å². The number of thioether (sulfide) groups is 1. The van der Waals surface area contributed by atoms with Crippen LogP contribution in [0.5, 0.6) is 0 Å². The van der Waals surface area contributed by atoms with Crippen molar-refractivity contribution in [1.29, 1.82) is 0 Å². The standard InChI is InChI=1S/C19H24N2O3S2/c1-5-14(2)20-19(22)15-6-8-16(9-7-15)21(3)26(23,24)18-12-10-17(25-4)11-13-18/h6-14H,5H2,1-4H3,(H,20,22)/t14-/m0/s1. The van der Waals surface area contributed by atoms with Crippen LogP contribution in [0.15, 0.2) is 58.3 Å². The summed E-state index contributed by atoms with van der Waals surface area (Å²) in [5, 5.41) is 2.89. The second-order valence-corrected chi connectivity index (χ2v) is 8.83. The molecule has 0 heterocycles. The number of hydrogen-bond acceptors (Lipinski definition) is 4. The van der Waals surface area contributed by atoms with Crippen molar-refractivity contribution >= 4 is 33.4 Å². The van der Waals surface area contributed by atoms with Crippen LogP contribution in [0.3, 0.4) is 0 Å². The molecule has 0 fully saturated rings. The SMILES string of the molecule is CC[C@H](C)NC(=O)c1ccc(N(C)S(=O)(=O)c2ccc(SC)cc2)cc1. The Hall–Kier alpha value is -1.99.